The zero-order valence-electron chi connectivity index (χ0n) is 24.6. The van der Waals surface area contributed by atoms with E-state index in [-0.39, 0.29) is 25.5 Å². The molecule has 2 aliphatic rings. The van der Waals surface area contributed by atoms with E-state index in [1.165, 1.54) is 19.1 Å². The zero-order chi connectivity index (χ0) is 30.3. The quantitative estimate of drug-likeness (QED) is 0.286. The number of benzene rings is 3. The molecule has 3 aromatic rings. The fourth-order valence-electron chi connectivity index (χ4n) is 5.84. The fourth-order valence-corrected chi connectivity index (χ4v) is 5.84. The summed E-state index contributed by atoms with van der Waals surface area (Å²) in [6.07, 6.45) is 4.22. The number of hydrogen-bond acceptors (Lipinski definition) is 7. The van der Waals surface area contributed by atoms with Crippen molar-refractivity contribution in [1.29, 1.82) is 0 Å². The maximum atomic E-state index is 14.1. The summed E-state index contributed by atoms with van der Waals surface area (Å²) < 4.78 is 21.7. The molecule has 43 heavy (non-hydrogen) atoms. The maximum Gasteiger partial charge on any atom is 0.407 e. The molecule has 1 heterocycles. The second-order valence-corrected chi connectivity index (χ2v) is 10.5. The molecule has 0 aromatic heterocycles. The van der Waals surface area contributed by atoms with Crippen LogP contribution in [-0.4, -0.2) is 62.9 Å². The first-order chi connectivity index (χ1) is 20.9. The van der Waals surface area contributed by atoms with Gasteiger partial charge in [-0.05, 0) is 53.6 Å². The van der Waals surface area contributed by atoms with Crippen LogP contribution < -0.4 is 14.8 Å². The number of nitrogens with one attached hydrogen (secondary N) is 1. The first-order valence-electron chi connectivity index (χ1n) is 14.3. The van der Waals surface area contributed by atoms with E-state index in [2.05, 4.69) is 17.4 Å². The van der Waals surface area contributed by atoms with Crippen molar-refractivity contribution in [2.45, 2.75) is 43.8 Å². The Hall–Kier alpha value is -4.79. The molecule has 1 aliphatic heterocycles. The molecule has 224 valence electrons. The van der Waals surface area contributed by atoms with Gasteiger partial charge in [0.05, 0.1) is 27.9 Å². The Morgan fingerprint density at radius 1 is 0.907 bits per heavy atom. The number of rotatable bonds is 8. The van der Waals surface area contributed by atoms with Crippen molar-refractivity contribution in [2.75, 3.05) is 27.9 Å². The molecule has 1 aliphatic carbocycles. The van der Waals surface area contributed by atoms with Gasteiger partial charge in [0.1, 0.15) is 30.2 Å². The number of allylic oxidation sites excluding steroid dienone is 1. The van der Waals surface area contributed by atoms with Gasteiger partial charge in [0.15, 0.2) is 0 Å². The van der Waals surface area contributed by atoms with Crippen molar-refractivity contribution in [3.05, 3.63) is 95.6 Å². The Kier molecular flexibility index (Phi) is 9.29. The lowest BCUT2D eigenvalue weighted by molar-refractivity contribution is -0.154. The number of amides is 2. The zero-order valence-corrected chi connectivity index (χ0v) is 24.6. The minimum atomic E-state index is -0.921. The number of methoxy groups -OCH3 is 3. The van der Waals surface area contributed by atoms with Gasteiger partial charge in [0.25, 0.3) is 0 Å². The maximum absolute atomic E-state index is 14.1. The average molecular weight is 585 g/mol. The smallest absolute Gasteiger partial charge is 0.407 e. The van der Waals surface area contributed by atoms with E-state index in [0.717, 1.165) is 22.3 Å². The highest BCUT2D eigenvalue weighted by Gasteiger charge is 2.36. The predicted molar refractivity (Wildman–Crippen MR) is 161 cm³/mol. The average Bonchev–Trinajstić information content (AvgIpc) is 3.39. The molecule has 2 atom stereocenters. The number of carbonyl (C=O) groups is 3. The number of fused-ring (bicyclic) bond motifs is 3. The summed E-state index contributed by atoms with van der Waals surface area (Å²) in [6, 6.07) is 19.6. The van der Waals surface area contributed by atoms with E-state index in [1.807, 2.05) is 48.6 Å². The minimum Gasteiger partial charge on any atom is -0.497 e. The van der Waals surface area contributed by atoms with Crippen LogP contribution in [0.25, 0.3) is 11.1 Å². The highest BCUT2D eigenvalue weighted by Crippen LogP contribution is 2.44. The predicted octanol–water partition coefficient (Wildman–Crippen LogP) is 5.22. The third-order valence-corrected chi connectivity index (χ3v) is 8.05. The normalized spacial score (nSPS) is 18.8. The molecule has 0 bridgehead atoms. The topological polar surface area (TPSA) is 103 Å². The lowest BCUT2D eigenvalue weighted by Gasteiger charge is -2.32. The van der Waals surface area contributed by atoms with Gasteiger partial charge in [0.2, 0.25) is 5.91 Å². The largest absolute Gasteiger partial charge is 0.497 e. The van der Waals surface area contributed by atoms with Gasteiger partial charge in [-0.1, -0.05) is 60.7 Å². The van der Waals surface area contributed by atoms with Crippen molar-refractivity contribution in [3.8, 4) is 22.6 Å². The number of alkyl carbamates (subject to hydrolysis) is 1. The second kappa shape index (κ2) is 13.5. The monoisotopic (exact) mass is 584 g/mol. The van der Waals surface area contributed by atoms with Gasteiger partial charge in [-0.3, -0.25) is 4.79 Å². The van der Waals surface area contributed by atoms with Crippen LogP contribution in [0.2, 0.25) is 0 Å². The van der Waals surface area contributed by atoms with Crippen LogP contribution in [-0.2, 0) is 25.6 Å². The van der Waals surface area contributed by atoms with E-state index in [4.69, 9.17) is 18.9 Å². The molecule has 5 rings (SSSR count). The molecular weight excluding hydrogens is 548 g/mol. The van der Waals surface area contributed by atoms with Gasteiger partial charge >= 0.3 is 12.1 Å². The van der Waals surface area contributed by atoms with E-state index in [1.54, 1.807) is 25.3 Å². The van der Waals surface area contributed by atoms with Crippen LogP contribution in [0.1, 0.15) is 41.9 Å². The third-order valence-electron chi connectivity index (χ3n) is 8.05. The van der Waals surface area contributed by atoms with Gasteiger partial charge in [-0.15, -0.1) is 0 Å². The summed E-state index contributed by atoms with van der Waals surface area (Å²) in [4.78, 5) is 41.6. The molecule has 0 saturated carbocycles. The fraction of sp³-hybridized carbons (Fsp3) is 0.324. The van der Waals surface area contributed by atoms with Crippen molar-refractivity contribution in [2.24, 2.45) is 0 Å². The van der Waals surface area contributed by atoms with Crippen LogP contribution in [0, 0.1) is 0 Å². The molecule has 0 saturated heterocycles. The van der Waals surface area contributed by atoms with Crippen LogP contribution in [0.15, 0.2) is 78.9 Å². The van der Waals surface area contributed by atoms with E-state index in [0.29, 0.717) is 29.9 Å². The lowest BCUT2D eigenvalue weighted by atomic mass is 9.98. The first-order valence-corrected chi connectivity index (χ1v) is 14.3. The molecule has 0 unspecified atom stereocenters. The standard InChI is InChI=1S/C34H36N2O7/c1-40-23-18-17-22(31(19-23)41-2)20-36-30(33(38)42-3)16-6-4-5-15-29(32(36)37)35-34(39)43-21-28-26-13-9-7-11-24(26)25-12-8-10-14-27(25)28/h4,6-14,17-19,28-30H,5,15-16,20-21H2,1-3H3,(H,35,39)/b6-4+/t29-,30-/m0/s1. The SMILES string of the molecule is COC(=O)[C@@H]1C/C=C/CC[C@H](NC(=O)OCC2c3ccccc3-c3ccccc32)C(=O)N1Cc1ccc(OC)cc1OC. The van der Waals surface area contributed by atoms with Crippen molar-refractivity contribution < 1.29 is 33.3 Å². The second-order valence-electron chi connectivity index (χ2n) is 10.5. The molecule has 0 radical (unpaired) electrons. The number of ether oxygens (including phenoxy) is 4. The minimum absolute atomic E-state index is 0.0580. The molecule has 9 heteroatoms. The Bertz CT molecular complexity index is 1470. The Balaban J connectivity index is 1.35. The van der Waals surface area contributed by atoms with Gasteiger partial charge in [-0.2, -0.15) is 0 Å². The van der Waals surface area contributed by atoms with E-state index < -0.39 is 30.1 Å². The summed E-state index contributed by atoms with van der Waals surface area (Å²) in [6.45, 7) is 0.181. The molecule has 0 spiro atoms. The van der Waals surface area contributed by atoms with Crippen molar-refractivity contribution >= 4 is 18.0 Å². The van der Waals surface area contributed by atoms with Crippen LogP contribution >= 0.6 is 0 Å². The van der Waals surface area contributed by atoms with E-state index in [9.17, 15) is 14.4 Å². The molecule has 2 amide bonds. The summed E-state index contributed by atoms with van der Waals surface area (Å²) >= 11 is 0. The summed E-state index contributed by atoms with van der Waals surface area (Å²) in [5, 5.41) is 2.79. The Labute approximate surface area is 251 Å². The van der Waals surface area contributed by atoms with Crippen molar-refractivity contribution in [3.63, 3.8) is 0 Å². The number of hydrogen-bond donors (Lipinski definition) is 1. The van der Waals surface area contributed by atoms with Crippen LogP contribution in [0.5, 0.6) is 11.5 Å². The summed E-state index contributed by atoms with van der Waals surface area (Å²) in [7, 11) is 4.38. The molecule has 3 aromatic carbocycles. The van der Waals surface area contributed by atoms with Gasteiger partial charge < -0.3 is 29.2 Å². The highest BCUT2D eigenvalue weighted by atomic mass is 16.5. The Morgan fingerprint density at radius 3 is 2.26 bits per heavy atom. The van der Waals surface area contributed by atoms with Crippen LogP contribution in [0.4, 0.5) is 4.79 Å². The summed E-state index contributed by atoms with van der Waals surface area (Å²) in [5.74, 6) is 0.0312. The van der Waals surface area contributed by atoms with Crippen LogP contribution in [0.3, 0.4) is 0 Å². The highest BCUT2D eigenvalue weighted by molar-refractivity contribution is 5.90. The molecule has 0 fully saturated rings. The molecular formula is C34H36N2O7. The van der Waals surface area contributed by atoms with E-state index >= 15 is 0 Å². The Morgan fingerprint density at radius 2 is 1.60 bits per heavy atom. The molecule has 1 N–H and O–H groups in total. The van der Waals surface area contributed by atoms with Crippen molar-refractivity contribution in [1.82, 2.24) is 10.2 Å². The number of carbonyl (C=O) groups excluding carboxylic acids is 3. The van der Waals surface area contributed by atoms with Gasteiger partial charge in [-0.25, -0.2) is 9.59 Å². The lowest BCUT2D eigenvalue weighted by Crippen LogP contribution is -2.53. The number of esters is 1. The summed E-state index contributed by atoms with van der Waals surface area (Å²) in [5.41, 5.74) is 5.13. The molecule has 9 nitrogen and oxygen atoms in total. The van der Waals surface area contributed by atoms with Gasteiger partial charge in [0, 0.05) is 17.5 Å². The first kappa shape index (κ1) is 29.7. The third kappa shape index (κ3) is 6.35. The number of nitrogens with zero attached hydrogens (tertiary/aromatic N) is 1.